The Balaban J connectivity index is 1.67. The maximum Gasteiger partial charge on any atom is 0.139 e. The number of aryl methyl sites for hydroxylation is 1. The summed E-state index contributed by atoms with van der Waals surface area (Å²) in [6, 6.07) is 8.73. The van der Waals surface area contributed by atoms with Gasteiger partial charge in [0.25, 0.3) is 0 Å². The highest BCUT2D eigenvalue weighted by molar-refractivity contribution is 5.89. The number of rotatable bonds is 2. The lowest BCUT2D eigenvalue weighted by atomic mass is 9.92. The average Bonchev–Trinajstić information content (AvgIpc) is 3.20. The molecule has 3 aliphatic rings. The van der Waals surface area contributed by atoms with Gasteiger partial charge in [-0.3, -0.25) is 4.79 Å². The van der Waals surface area contributed by atoms with Crippen LogP contribution in [0, 0.1) is 17.8 Å². The Labute approximate surface area is 95.9 Å². The Kier molecular flexibility index (Phi) is 1.66. The maximum atomic E-state index is 12.1. The fraction of sp³-hybridized carbons (Fsp3) is 0.533. The lowest BCUT2D eigenvalue weighted by Crippen LogP contribution is -2.04. The summed E-state index contributed by atoms with van der Waals surface area (Å²) in [4.78, 5) is 12.1. The van der Waals surface area contributed by atoms with Gasteiger partial charge in [0.15, 0.2) is 0 Å². The van der Waals surface area contributed by atoms with Crippen molar-refractivity contribution in [2.45, 2.75) is 31.6 Å². The van der Waals surface area contributed by atoms with Crippen molar-refractivity contribution in [3.63, 3.8) is 0 Å². The zero-order chi connectivity index (χ0) is 10.7. The Hall–Kier alpha value is -1.11. The minimum Gasteiger partial charge on any atom is -0.299 e. The van der Waals surface area contributed by atoms with Crippen LogP contribution in [0.3, 0.4) is 0 Å². The molecule has 0 aromatic heterocycles. The Morgan fingerprint density at radius 3 is 2.75 bits per heavy atom. The molecule has 0 radical (unpaired) electrons. The molecule has 0 saturated heterocycles. The summed E-state index contributed by atoms with van der Waals surface area (Å²) >= 11 is 0. The van der Waals surface area contributed by atoms with E-state index in [1.54, 1.807) is 0 Å². The molecule has 2 saturated carbocycles. The second-order valence-corrected chi connectivity index (χ2v) is 5.63. The first kappa shape index (κ1) is 8.98. The molecule has 16 heavy (non-hydrogen) atoms. The zero-order valence-corrected chi connectivity index (χ0v) is 9.36. The molecule has 1 heteroatoms. The third-order valence-electron chi connectivity index (χ3n) is 4.64. The minimum absolute atomic E-state index is 0.399. The molecular weight excluding hydrogens is 196 g/mol. The van der Waals surface area contributed by atoms with Gasteiger partial charge in [-0.05, 0) is 48.6 Å². The molecule has 0 heterocycles. The Morgan fingerprint density at radius 2 is 1.94 bits per heavy atom. The van der Waals surface area contributed by atoms with Crippen molar-refractivity contribution in [3.05, 3.63) is 35.4 Å². The highest BCUT2D eigenvalue weighted by atomic mass is 16.1. The maximum absolute atomic E-state index is 12.1. The number of carbonyl (C=O) groups excluding carboxylic acids is 1. The van der Waals surface area contributed by atoms with Crippen LogP contribution in [0.4, 0.5) is 0 Å². The van der Waals surface area contributed by atoms with E-state index in [2.05, 4.69) is 24.3 Å². The number of ketones is 1. The number of carbonyl (C=O) groups is 1. The largest absolute Gasteiger partial charge is 0.299 e. The minimum atomic E-state index is 0.399. The van der Waals surface area contributed by atoms with Gasteiger partial charge in [-0.15, -0.1) is 0 Å². The molecule has 0 N–H and O–H groups in total. The van der Waals surface area contributed by atoms with Gasteiger partial charge in [0, 0.05) is 11.8 Å². The van der Waals surface area contributed by atoms with Crippen LogP contribution >= 0.6 is 0 Å². The first-order valence-corrected chi connectivity index (χ1v) is 6.48. The second kappa shape index (κ2) is 2.97. The standard InChI is InChI=1S/C15H16O/c16-15(10-5-6-10)14-12-8-7-9-3-1-2-4-11(9)13(12)14/h1-4,10,12-14H,5-8H2. The average molecular weight is 212 g/mol. The predicted octanol–water partition coefficient (Wildman–Crippen LogP) is 2.94. The molecule has 0 spiro atoms. The number of benzene rings is 1. The Bertz CT molecular complexity index is 458. The summed E-state index contributed by atoms with van der Waals surface area (Å²) in [7, 11) is 0. The Morgan fingerprint density at radius 1 is 1.12 bits per heavy atom. The van der Waals surface area contributed by atoms with Crippen molar-refractivity contribution in [1.82, 2.24) is 0 Å². The van der Waals surface area contributed by atoms with Gasteiger partial charge in [-0.1, -0.05) is 24.3 Å². The van der Waals surface area contributed by atoms with Crippen LogP contribution in [-0.2, 0) is 11.2 Å². The molecule has 0 aliphatic heterocycles. The molecule has 3 aliphatic carbocycles. The van der Waals surface area contributed by atoms with E-state index in [9.17, 15) is 4.79 Å². The van der Waals surface area contributed by atoms with E-state index < -0.39 is 0 Å². The fourth-order valence-electron chi connectivity index (χ4n) is 3.59. The molecule has 3 unspecified atom stereocenters. The topological polar surface area (TPSA) is 17.1 Å². The van der Waals surface area contributed by atoms with Crippen molar-refractivity contribution >= 4 is 5.78 Å². The number of hydrogen-bond acceptors (Lipinski definition) is 1. The monoisotopic (exact) mass is 212 g/mol. The number of fused-ring (bicyclic) bond motifs is 3. The highest BCUT2D eigenvalue weighted by Crippen LogP contribution is 2.62. The van der Waals surface area contributed by atoms with Gasteiger partial charge in [0.05, 0.1) is 0 Å². The first-order chi connectivity index (χ1) is 7.86. The summed E-state index contributed by atoms with van der Waals surface area (Å²) < 4.78 is 0. The van der Waals surface area contributed by atoms with Crippen LogP contribution < -0.4 is 0 Å². The summed E-state index contributed by atoms with van der Waals surface area (Å²) in [5.74, 6) is 2.73. The highest BCUT2D eigenvalue weighted by Gasteiger charge is 2.58. The lowest BCUT2D eigenvalue weighted by Gasteiger charge is -2.13. The van der Waals surface area contributed by atoms with Crippen molar-refractivity contribution in [1.29, 1.82) is 0 Å². The van der Waals surface area contributed by atoms with E-state index >= 15 is 0 Å². The van der Waals surface area contributed by atoms with Crippen LogP contribution in [0.25, 0.3) is 0 Å². The van der Waals surface area contributed by atoms with Gasteiger partial charge in [0.2, 0.25) is 0 Å². The van der Waals surface area contributed by atoms with E-state index in [0.29, 0.717) is 29.5 Å². The molecule has 0 amide bonds. The lowest BCUT2D eigenvalue weighted by molar-refractivity contribution is -0.121. The normalized spacial score (nSPS) is 35.1. The third-order valence-corrected chi connectivity index (χ3v) is 4.64. The number of hydrogen-bond donors (Lipinski definition) is 0. The van der Waals surface area contributed by atoms with Crippen LogP contribution in [0.2, 0.25) is 0 Å². The summed E-state index contributed by atoms with van der Waals surface area (Å²) in [6.45, 7) is 0. The van der Waals surface area contributed by atoms with E-state index in [0.717, 1.165) is 12.8 Å². The van der Waals surface area contributed by atoms with Crippen molar-refractivity contribution < 1.29 is 4.79 Å². The summed E-state index contributed by atoms with van der Waals surface area (Å²) in [5, 5.41) is 0. The molecule has 1 nitrogen and oxygen atoms in total. The second-order valence-electron chi connectivity index (χ2n) is 5.63. The van der Waals surface area contributed by atoms with Gasteiger partial charge in [-0.25, -0.2) is 0 Å². The van der Waals surface area contributed by atoms with E-state index in [1.165, 1.54) is 24.0 Å². The van der Waals surface area contributed by atoms with Crippen molar-refractivity contribution in [2.75, 3.05) is 0 Å². The molecule has 0 bridgehead atoms. The van der Waals surface area contributed by atoms with Crippen LogP contribution in [-0.4, -0.2) is 5.78 Å². The van der Waals surface area contributed by atoms with E-state index in [4.69, 9.17) is 0 Å². The van der Waals surface area contributed by atoms with Gasteiger partial charge in [-0.2, -0.15) is 0 Å². The smallest absolute Gasteiger partial charge is 0.139 e. The van der Waals surface area contributed by atoms with Crippen molar-refractivity contribution in [2.24, 2.45) is 17.8 Å². The first-order valence-electron chi connectivity index (χ1n) is 6.48. The SMILES string of the molecule is O=C(C1CC1)C1C2CCc3ccccc3C21. The number of Topliss-reactive ketones (excluding diaryl/α,β-unsaturated/α-hetero) is 1. The molecule has 4 rings (SSSR count). The molecule has 1 aromatic carbocycles. The van der Waals surface area contributed by atoms with Gasteiger partial charge < -0.3 is 0 Å². The third kappa shape index (κ3) is 1.15. The van der Waals surface area contributed by atoms with Crippen LogP contribution in [0.5, 0.6) is 0 Å². The zero-order valence-electron chi connectivity index (χ0n) is 9.36. The van der Waals surface area contributed by atoms with E-state index in [-0.39, 0.29) is 0 Å². The molecule has 3 atom stereocenters. The molecule has 2 fully saturated rings. The predicted molar refractivity (Wildman–Crippen MR) is 62.2 cm³/mol. The van der Waals surface area contributed by atoms with Crippen LogP contribution in [0.1, 0.15) is 36.3 Å². The summed E-state index contributed by atoms with van der Waals surface area (Å²) in [6.07, 6.45) is 4.75. The van der Waals surface area contributed by atoms with Gasteiger partial charge >= 0.3 is 0 Å². The van der Waals surface area contributed by atoms with Crippen molar-refractivity contribution in [3.8, 4) is 0 Å². The van der Waals surface area contributed by atoms with Gasteiger partial charge in [0.1, 0.15) is 5.78 Å². The van der Waals surface area contributed by atoms with E-state index in [1.807, 2.05) is 0 Å². The molecule has 1 aromatic rings. The molecule has 82 valence electrons. The molecular formula is C15H16O. The summed E-state index contributed by atoms with van der Waals surface area (Å²) in [5.41, 5.74) is 2.98. The quantitative estimate of drug-likeness (QED) is 0.736. The fourth-order valence-corrected chi connectivity index (χ4v) is 3.59. The van der Waals surface area contributed by atoms with Crippen LogP contribution in [0.15, 0.2) is 24.3 Å².